The normalized spacial score (nSPS) is 16.8. The number of thioether (sulfide) groups is 1. The van der Waals surface area contributed by atoms with Crippen molar-refractivity contribution in [2.24, 2.45) is 11.3 Å². The number of thiophene rings is 1. The molecule has 0 N–H and O–H groups in total. The van der Waals surface area contributed by atoms with Crippen LogP contribution in [0.25, 0.3) is 15.9 Å². The first-order chi connectivity index (χ1) is 13.8. The zero-order chi connectivity index (χ0) is 20.8. The first-order valence-corrected chi connectivity index (χ1v) is 12.0. The second-order valence-electron chi connectivity index (χ2n) is 9.11. The number of fused-ring (bicyclic) bond motifs is 3. The molecule has 3 aromatic rings. The van der Waals surface area contributed by atoms with Gasteiger partial charge in [0, 0.05) is 10.6 Å². The Kier molecular flexibility index (Phi) is 5.47. The molecule has 0 amide bonds. The van der Waals surface area contributed by atoms with E-state index in [2.05, 4.69) is 27.4 Å². The lowest BCUT2D eigenvalue weighted by molar-refractivity contribution is 0.218. The average Bonchev–Trinajstić information content (AvgIpc) is 3.04. The molecule has 0 spiro atoms. The highest BCUT2D eigenvalue weighted by molar-refractivity contribution is 7.99. The van der Waals surface area contributed by atoms with E-state index in [4.69, 9.17) is 4.98 Å². The van der Waals surface area contributed by atoms with E-state index in [1.807, 2.05) is 37.3 Å². The van der Waals surface area contributed by atoms with Crippen molar-refractivity contribution in [2.75, 3.05) is 5.75 Å². The predicted octanol–water partition coefficient (Wildman–Crippen LogP) is 6.27. The van der Waals surface area contributed by atoms with Crippen molar-refractivity contribution in [1.29, 1.82) is 0 Å². The molecule has 152 valence electrons. The highest BCUT2D eigenvalue weighted by Gasteiger charge is 2.32. The maximum Gasteiger partial charge on any atom is 0.267 e. The molecule has 0 radical (unpaired) electrons. The summed E-state index contributed by atoms with van der Waals surface area (Å²) < 4.78 is 1.79. The molecule has 0 saturated heterocycles. The van der Waals surface area contributed by atoms with Crippen LogP contribution in [0.3, 0.4) is 0 Å². The van der Waals surface area contributed by atoms with Crippen molar-refractivity contribution < 1.29 is 0 Å². The second kappa shape index (κ2) is 7.77. The number of hydrogen-bond acceptors (Lipinski definition) is 4. The van der Waals surface area contributed by atoms with Crippen LogP contribution in [0.15, 0.2) is 52.4 Å². The fraction of sp³-hybridized carbons (Fsp3) is 0.417. The van der Waals surface area contributed by atoms with Crippen LogP contribution in [0.2, 0.25) is 0 Å². The number of benzene rings is 1. The summed E-state index contributed by atoms with van der Waals surface area (Å²) in [5.74, 6) is 1.40. The van der Waals surface area contributed by atoms with Crippen LogP contribution >= 0.6 is 23.1 Å². The molecule has 0 unspecified atom stereocenters. The molecule has 2 aromatic heterocycles. The quantitative estimate of drug-likeness (QED) is 0.281. The van der Waals surface area contributed by atoms with E-state index in [9.17, 15) is 4.79 Å². The highest BCUT2D eigenvalue weighted by Crippen LogP contribution is 2.42. The van der Waals surface area contributed by atoms with Gasteiger partial charge in [-0.2, -0.15) is 0 Å². The minimum atomic E-state index is 0.0668. The van der Waals surface area contributed by atoms with Crippen molar-refractivity contribution >= 4 is 33.3 Å². The van der Waals surface area contributed by atoms with Crippen molar-refractivity contribution in [3.05, 3.63) is 63.3 Å². The van der Waals surface area contributed by atoms with Crippen molar-refractivity contribution in [3.8, 4) is 5.69 Å². The Labute approximate surface area is 180 Å². The molecule has 0 bridgehead atoms. The van der Waals surface area contributed by atoms with Crippen molar-refractivity contribution in [3.63, 3.8) is 0 Å². The maximum absolute atomic E-state index is 13.7. The van der Waals surface area contributed by atoms with Gasteiger partial charge in [0.25, 0.3) is 5.56 Å². The SMILES string of the molecule is C=C(C)CSc1nc2sc3c(c2c(=O)n1-c1ccccc1)CC[C@H](C(C)(C)C)C3. The van der Waals surface area contributed by atoms with Crippen LogP contribution in [-0.4, -0.2) is 15.3 Å². The Morgan fingerprint density at radius 1 is 1.31 bits per heavy atom. The fourth-order valence-corrected chi connectivity index (χ4v) is 6.23. The number of rotatable bonds is 4. The molecule has 5 heteroatoms. The average molecular weight is 425 g/mol. The number of aryl methyl sites for hydroxylation is 1. The molecule has 4 rings (SSSR count). The van der Waals surface area contributed by atoms with E-state index in [1.165, 1.54) is 10.4 Å². The van der Waals surface area contributed by atoms with E-state index >= 15 is 0 Å². The Morgan fingerprint density at radius 3 is 2.69 bits per heavy atom. The van der Waals surface area contributed by atoms with Crippen LogP contribution in [0.4, 0.5) is 0 Å². The summed E-state index contributed by atoms with van der Waals surface area (Å²) in [4.78, 5) is 20.9. The topological polar surface area (TPSA) is 34.9 Å². The van der Waals surface area contributed by atoms with Crippen LogP contribution in [-0.2, 0) is 12.8 Å². The number of nitrogens with zero attached hydrogens (tertiary/aromatic N) is 2. The van der Waals surface area contributed by atoms with E-state index in [0.717, 1.165) is 51.6 Å². The predicted molar refractivity (Wildman–Crippen MR) is 126 cm³/mol. The standard InChI is InChI=1S/C24H28N2OS2/c1-15(2)14-28-23-25-21-20(22(27)26(23)17-9-7-6-8-10-17)18-12-11-16(24(3,4)5)13-19(18)29-21/h6-10,16H,1,11-14H2,2-5H3/t16-/m0/s1. The lowest BCUT2D eigenvalue weighted by Gasteiger charge is -2.33. The Morgan fingerprint density at radius 2 is 2.03 bits per heavy atom. The van der Waals surface area contributed by atoms with E-state index in [-0.39, 0.29) is 11.0 Å². The zero-order valence-electron chi connectivity index (χ0n) is 17.6. The molecule has 1 atom stereocenters. The van der Waals surface area contributed by atoms with E-state index in [0.29, 0.717) is 5.92 Å². The Balaban J connectivity index is 1.90. The van der Waals surface area contributed by atoms with Gasteiger partial charge < -0.3 is 0 Å². The lowest BCUT2D eigenvalue weighted by atomic mass is 9.72. The molecule has 29 heavy (non-hydrogen) atoms. The molecular weight excluding hydrogens is 396 g/mol. The van der Waals surface area contributed by atoms with Gasteiger partial charge in [-0.15, -0.1) is 11.3 Å². The smallest absolute Gasteiger partial charge is 0.267 e. The van der Waals surface area contributed by atoms with Crippen LogP contribution in [0.1, 0.15) is 44.6 Å². The molecule has 0 aliphatic heterocycles. The van der Waals surface area contributed by atoms with E-state index in [1.54, 1.807) is 27.7 Å². The lowest BCUT2D eigenvalue weighted by Crippen LogP contribution is -2.27. The molecule has 1 aliphatic rings. The number of hydrogen-bond donors (Lipinski definition) is 0. The first-order valence-electron chi connectivity index (χ1n) is 10.2. The van der Waals surface area contributed by atoms with Crippen molar-refractivity contribution in [1.82, 2.24) is 9.55 Å². The van der Waals surface area contributed by atoms with Crippen LogP contribution < -0.4 is 5.56 Å². The van der Waals surface area contributed by atoms with Gasteiger partial charge in [-0.25, -0.2) is 4.98 Å². The molecule has 3 nitrogen and oxygen atoms in total. The van der Waals surface area contributed by atoms with Gasteiger partial charge in [0.05, 0.1) is 11.1 Å². The molecule has 0 fully saturated rings. The molecule has 0 saturated carbocycles. The monoisotopic (exact) mass is 424 g/mol. The van der Waals surface area contributed by atoms with Crippen molar-refractivity contribution in [2.45, 2.75) is 52.1 Å². The Hall–Kier alpha value is -1.85. The second-order valence-corrected chi connectivity index (χ2v) is 11.1. The van der Waals surface area contributed by atoms with Gasteiger partial charge in [0.15, 0.2) is 5.16 Å². The summed E-state index contributed by atoms with van der Waals surface area (Å²) in [6, 6.07) is 9.87. The molecule has 1 aromatic carbocycles. The largest absolute Gasteiger partial charge is 0.268 e. The summed E-state index contributed by atoms with van der Waals surface area (Å²) in [6.45, 7) is 13.0. The molecule has 1 aliphatic carbocycles. The summed E-state index contributed by atoms with van der Waals surface area (Å²) in [6.07, 6.45) is 3.17. The maximum atomic E-state index is 13.7. The minimum absolute atomic E-state index is 0.0668. The fourth-order valence-electron chi connectivity index (χ4n) is 4.03. The van der Waals surface area contributed by atoms with Gasteiger partial charge in [-0.05, 0) is 55.2 Å². The number of aromatic nitrogens is 2. The summed E-state index contributed by atoms with van der Waals surface area (Å²) in [5, 5.41) is 1.59. The summed E-state index contributed by atoms with van der Waals surface area (Å²) >= 11 is 3.31. The number of para-hydroxylation sites is 1. The third kappa shape index (κ3) is 3.95. The van der Waals surface area contributed by atoms with Crippen LogP contribution in [0, 0.1) is 11.3 Å². The van der Waals surface area contributed by atoms with Gasteiger partial charge in [0.1, 0.15) is 4.83 Å². The minimum Gasteiger partial charge on any atom is -0.268 e. The molecular formula is C24H28N2OS2. The van der Waals surface area contributed by atoms with Gasteiger partial charge in [0.2, 0.25) is 0 Å². The first kappa shape index (κ1) is 20.4. The third-order valence-corrected chi connectivity index (χ3v) is 8.06. The van der Waals surface area contributed by atoms with Gasteiger partial charge in [-0.3, -0.25) is 9.36 Å². The Bertz CT molecular complexity index is 1120. The zero-order valence-corrected chi connectivity index (χ0v) is 19.3. The summed E-state index contributed by atoms with van der Waals surface area (Å²) in [5.41, 5.74) is 3.54. The van der Waals surface area contributed by atoms with Crippen LogP contribution in [0.5, 0.6) is 0 Å². The van der Waals surface area contributed by atoms with Gasteiger partial charge >= 0.3 is 0 Å². The molecule has 2 heterocycles. The third-order valence-electron chi connectivity index (χ3n) is 5.74. The van der Waals surface area contributed by atoms with Gasteiger partial charge in [-0.1, -0.05) is 62.9 Å². The highest BCUT2D eigenvalue weighted by atomic mass is 32.2. The van der Waals surface area contributed by atoms with E-state index < -0.39 is 0 Å². The summed E-state index contributed by atoms with van der Waals surface area (Å²) in [7, 11) is 0.